The van der Waals surface area contributed by atoms with E-state index in [0.717, 1.165) is 12.0 Å². The highest BCUT2D eigenvalue weighted by molar-refractivity contribution is 5.76. The van der Waals surface area contributed by atoms with Crippen LogP contribution in [0.25, 0.3) is 5.52 Å². The van der Waals surface area contributed by atoms with E-state index in [1.54, 1.807) is 42.6 Å². The molecule has 0 aliphatic rings. The van der Waals surface area contributed by atoms with Gasteiger partial charge in [-0.1, -0.05) is 0 Å². The minimum absolute atomic E-state index is 0.0525. The van der Waals surface area contributed by atoms with E-state index in [0.29, 0.717) is 17.0 Å². The number of rotatable bonds is 3. The van der Waals surface area contributed by atoms with Gasteiger partial charge < -0.3 is 10.4 Å². The first-order chi connectivity index (χ1) is 9.26. The van der Waals surface area contributed by atoms with E-state index < -0.39 is 0 Å². The van der Waals surface area contributed by atoms with Crippen molar-refractivity contribution >= 4 is 23.4 Å². The van der Waals surface area contributed by atoms with Gasteiger partial charge >= 0.3 is 0 Å². The molecule has 0 aliphatic carbocycles. The average molecular weight is 254 g/mol. The summed E-state index contributed by atoms with van der Waals surface area (Å²) in [5.41, 5.74) is 2.07. The van der Waals surface area contributed by atoms with E-state index in [2.05, 4.69) is 15.4 Å². The summed E-state index contributed by atoms with van der Waals surface area (Å²) in [7, 11) is 0. The Kier molecular flexibility index (Phi) is 2.60. The van der Waals surface area contributed by atoms with Crippen molar-refractivity contribution in [3.05, 3.63) is 48.2 Å². The smallest absolute Gasteiger partial charge is 0.245 e. The predicted molar refractivity (Wildman–Crippen MR) is 69.8 cm³/mol. The second kappa shape index (κ2) is 4.41. The fourth-order valence-corrected chi connectivity index (χ4v) is 1.72. The monoisotopic (exact) mass is 254 g/mol. The van der Waals surface area contributed by atoms with Crippen LogP contribution in [0.5, 0.6) is 5.88 Å². The quantitative estimate of drug-likeness (QED) is 0.699. The number of nitrogens with one attached hydrogen (secondary N) is 1. The number of hydrogen-bond donors (Lipinski definition) is 2. The number of aldehydes is 1. The molecule has 0 aliphatic heterocycles. The molecule has 2 heterocycles. The van der Waals surface area contributed by atoms with Crippen molar-refractivity contribution in [1.82, 2.24) is 14.6 Å². The molecule has 3 aromatic rings. The summed E-state index contributed by atoms with van der Waals surface area (Å²) in [5.74, 6) is 0.412. The largest absolute Gasteiger partial charge is 0.493 e. The average Bonchev–Trinajstić information content (AvgIpc) is 2.81. The maximum absolute atomic E-state index is 10.6. The molecule has 2 N–H and O–H groups in total. The van der Waals surface area contributed by atoms with Crippen LogP contribution in [-0.2, 0) is 0 Å². The van der Waals surface area contributed by atoms with Gasteiger partial charge in [-0.3, -0.25) is 4.79 Å². The Morgan fingerprint density at radius 3 is 2.68 bits per heavy atom. The third-order valence-corrected chi connectivity index (χ3v) is 2.68. The van der Waals surface area contributed by atoms with Crippen LogP contribution in [0.4, 0.5) is 11.6 Å². The minimum Gasteiger partial charge on any atom is -0.493 e. The van der Waals surface area contributed by atoms with Gasteiger partial charge in [0.1, 0.15) is 6.29 Å². The number of aromatic nitrogens is 3. The van der Waals surface area contributed by atoms with Crippen LogP contribution in [0.3, 0.4) is 0 Å². The maximum Gasteiger partial charge on any atom is 0.245 e. The van der Waals surface area contributed by atoms with Crippen LogP contribution >= 0.6 is 0 Å². The minimum atomic E-state index is 0.0525. The van der Waals surface area contributed by atoms with Crippen LogP contribution < -0.4 is 5.32 Å². The molecule has 0 atom stereocenters. The Balaban J connectivity index is 1.91. The van der Waals surface area contributed by atoms with Crippen molar-refractivity contribution in [1.29, 1.82) is 0 Å². The Labute approximate surface area is 108 Å². The molecule has 6 nitrogen and oxygen atoms in total. The highest BCUT2D eigenvalue weighted by Gasteiger charge is 2.04. The number of carbonyl (C=O) groups is 1. The second-order valence-corrected chi connectivity index (χ2v) is 3.97. The molecule has 3 rings (SSSR count). The normalized spacial score (nSPS) is 10.5. The highest BCUT2D eigenvalue weighted by atomic mass is 16.3. The molecular formula is C13H10N4O2. The van der Waals surface area contributed by atoms with Crippen LogP contribution in [0.1, 0.15) is 10.4 Å². The van der Waals surface area contributed by atoms with Crippen LogP contribution in [0.2, 0.25) is 0 Å². The van der Waals surface area contributed by atoms with Gasteiger partial charge in [-0.2, -0.15) is 4.52 Å². The van der Waals surface area contributed by atoms with Gasteiger partial charge in [-0.05, 0) is 30.3 Å². The molecule has 0 saturated heterocycles. The SMILES string of the molecule is O=Cc1ccc(Nc2ncc3ccc(O)n3n2)cc1. The zero-order chi connectivity index (χ0) is 13.2. The van der Waals surface area contributed by atoms with Gasteiger partial charge in [0, 0.05) is 17.3 Å². The van der Waals surface area contributed by atoms with Crippen molar-refractivity contribution in [2.24, 2.45) is 0 Å². The molecule has 19 heavy (non-hydrogen) atoms. The van der Waals surface area contributed by atoms with Gasteiger partial charge in [0.25, 0.3) is 0 Å². The topological polar surface area (TPSA) is 79.5 Å². The van der Waals surface area contributed by atoms with Crippen LogP contribution in [-0.4, -0.2) is 26.0 Å². The van der Waals surface area contributed by atoms with E-state index in [1.165, 1.54) is 4.52 Å². The molecule has 0 radical (unpaired) electrons. The molecule has 0 bridgehead atoms. The highest BCUT2D eigenvalue weighted by Crippen LogP contribution is 2.17. The van der Waals surface area contributed by atoms with Gasteiger partial charge in [0.2, 0.25) is 11.8 Å². The molecule has 2 aromatic heterocycles. The lowest BCUT2D eigenvalue weighted by molar-refractivity contribution is 0.112. The first-order valence-corrected chi connectivity index (χ1v) is 5.62. The summed E-state index contributed by atoms with van der Waals surface area (Å²) in [6.45, 7) is 0. The third kappa shape index (κ3) is 2.11. The zero-order valence-corrected chi connectivity index (χ0v) is 9.82. The summed E-state index contributed by atoms with van der Waals surface area (Å²) in [6, 6.07) is 10.2. The molecule has 1 aromatic carbocycles. The number of nitrogens with zero attached hydrogens (tertiary/aromatic N) is 3. The lowest BCUT2D eigenvalue weighted by Crippen LogP contribution is -2.01. The van der Waals surface area contributed by atoms with E-state index in [1.807, 2.05) is 0 Å². The van der Waals surface area contributed by atoms with E-state index in [9.17, 15) is 9.90 Å². The number of aromatic hydroxyl groups is 1. The zero-order valence-electron chi connectivity index (χ0n) is 9.82. The Morgan fingerprint density at radius 2 is 1.95 bits per heavy atom. The lowest BCUT2D eigenvalue weighted by Gasteiger charge is -2.05. The van der Waals surface area contributed by atoms with Crippen LogP contribution in [0, 0.1) is 0 Å². The van der Waals surface area contributed by atoms with Crippen molar-refractivity contribution in [3.63, 3.8) is 0 Å². The summed E-state index contributed by atoms with van der Waals surface area (Å²) in [5, 5.41) is 16.7. The molecule has 94 valence electrons. The van der Waals surface area contributed by atoms with Gasteiger partial charge in [0.05, 0.1) is 11.7 Å². The molecule has 0 amide bonds. The van der Waals surface area contributed by atoms with E-state index in [-0.39, 0.29) is 5.88 Å². The molecular weight excluding hydrogens is 244 g/mol. The third-order valence-electron chi connectivity index (χ3n) is 2.68. The van der Waals surface area contributed by atoms with Gasteiger partial charge in [0.15, 0.2) is 0 Å². The Bertz CT molecular complexity index is 734. The molecule has 6 heteroatoms. The first-order valence-electron chi connectivity index (χ1n) is 5.62. The number of carbonyl (C=O) groups excluding carboxylic acids is 1. The lowest BCUT2D eigenvalue weighted by atomic mass is 10.2. The fourth-order valence-electron chi connectivity index (χ4n) is 1.72. The summed E-state index contributed by atoms with van der Waals surface area (Å²) in [6.07, 6.45) is 2.39. The standard InChI is InChI=1S/C13H10N4O2/c18-8-9-1-3-10(4-2-9)15-13-14-7-11-5-6-12(19)17(11)16-13/h1-8,19H,(H,15,16). The molecule has 0 unspecified atom stereocenters. The summed E-state index contributed by atoms with van der Waals surface area (Å²) >= 11 is 0. The van der Waals surface area contributed by atoms with Crippen molar-refractivity contribution in [3.8, 4) is 5.88 Å². The predicted octanol–water partition coefficient (Wildman–Crippen LogP) is 1.99. The Morgan fingerprint density at radius 1 is 1.16 bits per heavy atom. The van der Waals surface area contributed by atoms with Crippen molar-refractivity contribution in [2.75, 3.05) is 5.32 Å². The second-order valence-electron chi connectivity index (χ2n) is 3.97. The van der Waals surface area contributed by atoms with Crippen LogP contribution in [0.15, 0.2) is 42.6 Å². The summed E-state index contributed by atoms with van der Waals surface area (Å²) in [4.78, 5) is 14.7. The molecule has 0 saturated carbocycles. The van der Waals surface area contributed by atoms with E-state index >= 15 is 0 Å². The maximum atomic E-state index is 10.6. The number of benzene rings is 1. The van der Waals surface area contributed by atoms with E-state index in [4.69, 9.17) is 0 Å². The Hall–Kier alpha value is -2.89. The number of anilines is 2. The number of fused-ring (bicyclic) bond motifs is 1. The first kappa shape index (κ1) is 11.2. The summed E-state index contributed by atoms with van der Waals surface area (Å²) < 4.78 is 1.38. The molecule has 0 spiro atoms. The van der Waals surface area contributed by atoms with Gasteiger partial charge in [-0.25, -0.2) is 4.98 Å². The number of hydrogen-bond acceptors (Lipinski definition) is 5. The van der Waals surface area contributed by atoms with Crippen molar-refractivity contribution < 1.29 is 9.90 Å². The van der Waals surface area contributed by atoms with Crippen molar-refractivity contribution in [2.45, 2.75) is 0 Å². The van der Waals surface area contributed by atoms with Gasteiger partial charge in [-0.15, -0.1) is 5.10 Å². The molecule has 0 fully saturated rings. The fraction of sp³-hybridized carbons (Fsp3) is 0.